The zero-order chi connectivity index (χ0) is 11.5. The minimum atomic E-state index is -3.05. The summed E-state index contributed by atoms with van der Waals surface area (Å²) >= 11 is 0. The fraction of sp³-hybridized carbons (Fsp3) is 1.00. The number of rotatable bonds is 4. The highest BCUT2D eigenvalue weighted by Gasteiger charge is 2.23. The minimum absolute atomic E-state index is 0.287. The van der Waals surface area contributed by atoms with Crippen molar-refractivity contribution in [1.29, 1.82) is 0 Å². The van der Waals surface area contributed by atoms with Crippen molar-refractivity contribution in [2.24, 2.45) is 0 Å². The second-order valence-electron chi connectivity index (χ2n) is 4.55. The van der Waals surface area contributed by atoms with Crippen LogP contribution in [0.3, 0.4) is 0 Å². The first-order valence-corrected chi connectivity index (χ1v) is 7.49. The van der Waals surface area contributed by atoms with Crippen LogP contribution < -0.4 is 4.72 Å². The molecule has 1 heterocycles. The van der Waals surface area contributed by atoms with E-state index in [9.17, 15) is 8.42 Å². The van der Waals surface area contributed by atoms with Crippen molar-refractivity contribution in [2.45, 2.75) is 45.2 Å². The summed E-state index contributed by atoms with van der Waals surface area (Å²) in [6, 6.07) is 0.866. The molecule has 0 amide bonds. The maximum atomic E-state index is 11.0. The van der Waals surface area contributed by atoms with Crippen LogP contribution in [0.25, 0.3) is 0 Å². The molecule has 1 aliphatic rings. The Bertz CT molecular complexity index is 290. The van der Waals surface area contributed by atoms with Gasteiger partial charge in [-0.15, -0.1) is 0 Å². The highest BCUT2D eigenvalue weighted by atomic mass is 32.2. The molecule has 0 spiro atoms. The molecule has 0 aromatic rings. The number of nitrogens with zero attached hydrogens (tertiary/aromatic N) is 1. The molecular formula is C10H22N2O2S. The van der Waals surface area contributed by atoms with Gasteiger partial charge in [-0.1, -0.05) is 6.42 Å². The number of nitrogens with one attached hydrogen (secondary N) is 1. The number of hydrogen-bond donors (Lipinski definition) is 1. The Balaban J connectivity index is 2.41. The summed E-state index contributed by atoms with van der Waals surface area (Å²) in [4.78, 5) is 2.39. The zero-order valence-electron chi connectivity index (χ0n) is 9.86. The third-order valence-electron chi connectivity index (χ3n) is 3.06. The molecule has 1 saturated heterocycles. The maximum absolute atomic E-state index is 11.0. The quantitative estimate of drug-likeness (QED) is 0.783. The van der Waals surface area contributed by atoms with E-state index in [4.69, 9.17) is 0 Å². The lowest BCUT2D eigenvalue weighted by Crippen LogP contribution is -2.48. The van der Waals surface area contributed by atoms with Gasteiger partial charge >= 0.3 is 0 Å². The van der Waals surface area contributed by atoms with Gasteiger partial charge < -0.3 is 0 Å². The van der Waals surface area contributed by atoms with E-state index in [2.05, 4.69) is 23.5 Å². The van der Waals surface area contributed by atoms with Crippen molar-refractivity contribution < 1.29 is 8.42 Å². The molecular weight excluding hydrogens is 212 g/mol. The van der Waals surface area contributed by atoms with Crippen LogP contribution in [0.4, 0.5) is 0 Å². The van der Waals surface area contributed by atoms with Gasteiger partial charge in [-0.25, -0.2) is 13.1 Å². The van der Waals surface area contributed by atoms with Crippen molar-refractivity contribution in [3.8, 4) is 0 Å². The van der Waals surface area contributed by atoms with Gasteiger partial charge in [-0.3, -0.25) is 4.90 Å². The van der Waals surface area contributed by atoms with E-state index >= 15 is 0 Å². The van der Waals surface area contributed by atoms with Crippen LogP contribution >= 0.6 is 0 Å². The standard InChI is InChI=1S/C10H22N2O2S/c1-9-6-4-5-7-12(9)10(2)8-11-15(3,13)14/h9-11H,4-8H2,1-3H3/t9-,10-/m1/s1. The first kappa shape index (κ1) is 12.9. The molecule has 0 bridgehead atoms. The monoisotopic (exact) mass is 234 g/mol. The third kappa shape index (κ3) is 4.49. The van der Waals surface area contributed by atoms with Gasteiger partial charge in [0.15, 0.2) is 0 Å². The zero-order valence-corrected chi connectivity index (χ0v) is 10.7. The first-order valence-electron chi connectivity index (χ1n) is 5.60. The van der Waals surface area contributed by atoms with Crippen LogP contribution in [0.2, 0.25) is 0 Å². The summed E-state index contributed by atoms with van der Waals surface area (Å²) < 4.78 is 24.5. The van der Waals surface area contributed by atoms with E-state index in [1.54, 1.807) is 0 Å². The molecule has 1 N–H and O–H groups in total. The molecule has 15 heavy (non-hydrogen) atoms. The number of piperidine rings is 1. The molecule has 1 aliphatic heterocycles. The van der Waals surface area contributed by atoms with Crippen molar-refractivity contribution in [3.05, 3.63) is 0 Å². The summed E-state index contributed by atoms with van der Waals surface area (Å²) in [5.74, 6) is 0. The van der Waals surface area contributed by atoms with Gasteiger partial charge in [-0.05, 0) is 33.2 Å². The molecule has 0 aliphatic carbocycles. The summed E-state index contributed by atoms with van der Waals surface area (Å²) in [5.41, 5.74) is 0. The summed E-state index contributed by atoms with van der Waals surface area (Å²) in [5, 5.41) is 0. The molecule has 90 valence electrons. The van der Waals surface area contributed by atoms with Gasteiger partial charge in [-0.2, -0.15) is 0 Å². The largest absolute Gasteiger partial charge is 0.297 e. The Kier molecular flexibility index (Phi) is 4.55. The molecule has 5 heteroatoms. The molecule has 0 aromatic heterocycles. The van der Waals surface area contributed by atoms with Crippen LogP contribution in [-0.2, 0) is 10.0 Å². The predicted molar refractivity (Wildman–Crippen MR) is 62.3 cm³/mol. The molecule has 1 rings (SSSR count). The molecule has 2 atom stereocenters. The topological polar surface area (TPSA) is 49.4 Å². The number of sulfonamides is 1. The molecule has 0 aromatic carbocycles. The molecule has 0 radical (unpaired) electrons. The maximum Gasteiger partial charge on any atom is 0.208 e. The van der Waals surface area contributed by atoms with Crippen molar-refractivity contribution in [3.63, 3.8) is 0 Å². The van der Waals surface area contributed by atoms with Gasteiger partial charge in [0.1, 0.15) is 0 Å². The van der Waals surface area contributed by atoms with Gasteiger partial charge in [0, 0.05) is 18.6 Å². The predicted octanol–water partition coefficient (Wildman–Crippen LogP) is 0.798. The average molecular weight is 234 g/mol. The SMILES string of the molecule is C[C@@H]1CCCCN1[C@H](C)CNS(C)(=O)=O. The van der Waals surface area contributed by atoms with Crippen molar-refractivity contribution >= 4 is 10.0 Å². The van der Waals surface area contributed by atoms with Crippen LogP contribution in [0, 0.1) is 0 Å². The van der Waals surface area contributed by atoms with Gasteiger partial charge in [0.2, 0.25) is 10.0 Å². The van der Waals surface area contributed by atoms with Gasteiger partial charge in [0.05, 0.1) is 6.26 Å². The van der Waals surface area contributed by atoms with Gasteiger partial charge in [0.25, 0.3) is 0 Å². The van der Waals surface area contributed by atoms with E-state index in [1.807, 2.05) is 0 Å². The Labute approximate surface area is 93.1 Å². The smallest absolute Gasteiger partial charge is 0.208 e. The van der Waals surface area contributed by atoms with E-state index in [0.29, 0.717) is 12.6 Å². The van der Waals surface area contributed by atoms with Crippen LogP contribution in [0.1, 0.15) is 33.1 Å². The Morgan fingerprint density at radius 3 is 2.67 bits per heavy atom. The Hall–Kier alpha value is -0.130. The fourth-order valence-electron chi connectivity index (χ4n) is 2.16. The van der Waals surface area contributed by atoms with Crippen LogP contribution in [0.15, 0.2) is 0 Å². The Morgan fingerprint density at radius 1 is 1.47 bits per heavy atom. The van der Waals surface area contributed by atoms with E-state index in [0.717, 1.165) is 6.54 Å². The molecule has 0 unspecified atom stereocenters. The number of likely N-dealkylation sites (tertiary alicyclic amines) is 1. The lowest BCUT2D eigenvalue weighted by molar-refractivity contribution is 0.116. The highest BCUT2D eigenvalue weighted by Crippen LogP contribution is 2.18. The fourth-order valence-corrected chi connectivity index (χ4v) is 2.71. The van der Waals surface area contributed by atoms with E-state index < -0.39 is 10.0 Å². The summed E-state index contributed by atoms with van der Waals surface area (Å²) in [7, 11) is -3.05. The second-order valence-corrected chi connectivity index (χ2v) is 6.39. The lowest BCUT2D eigenvalue weighted by atomic mass is 10.0. The minimum Gasteiger partial charge on any atom is -0.297 e. The summed E-state index contributed by atoms with van der Waals surface area (Å²) in [6.07, 6.45) is 4.96. The number of hydrogen-bond acceptors (Lipinski definition) is 3. The average Bonchev–Trinajstić information content (AvgIpc) is 2.14. The Morgan fingerprint density at radius 2 is 2.13 bits per heavy atom. The van der Waals surface area contributed by atoms with Crippen LogP contribution in [0.5, 0.6) is 0 Å². The van der Waals surface area contributed by atoms with E-state index in [1.165, 1.54) is 25.5 Å². The third-order valence-corrected chi connectivity index (χ3v) is 3.75. The van der Waals surface area contributed by atoms with Crippen molar-refractivity contribution in [2.75, 3.05) is 19.3 Å². The molecule has 0 saturated carbocycles. The lowest BCUT2D eigenvalue weighted by Gasteiger charge is -2.38. The highest BCUT2D eigenvalue weighted by molar-refractivity contribution is 7.88. The van der Waals surface area contributed by atoms with Crippen molar-refractivity contribution in [1.82, 2.24) is 9.62 Å². The normalized spacial score (nSPS) is 26.5. The molecule has 4 nitrogen and oxygen atoms in total. The summed E-state index contributed by atoms with van der Waals surface area (Å²) in [6.45, 7) is 5.91. The van der Waals surface area contributed by atoms with E-state index in [-0.39, 0.29) is 6.04 Å². The molecule has 1 fully saturated rings. The first-order chi connectivity index (χ1) is 6.90. The van der Waals surface area contributed by atoms with Crippen LogP contribution in [-0.4, -0.2) is 44.7 Å². The second kappa shape index (κ2) is 5.27.